The molecule has 0 saturated carbocycles. The Kier molecular flexibility index (Phi) is 7.86. The number of carbonyl (C=O) groups excluding carboxylic acids is 4. The van der Waals surface area contributed by atoms with Gasteiger partial charge >= 0.3 is 5.97 Å². The number of benzene rings is 2. The van der Waals surface area contributed by atoms with E-state index >= 15 is 0 Å². The molecule has 0 aliphatic rings. The molecule has 2 rings (SSSR count). The lowest BCUT2D eigenvalue weighted by Crippen LogP contribution is -2.18. The first kappa shape index (κ1) is 22.8. The summed E-state index contributed by atoms with van der Waals surface area (Å²) in [6.45, 7) is 6.42. The number of carbonyl (C=O) groups is 4. The van der Waals surface area contributed by atoms with Crippen molar-refractivity contribution in [3.8, 4) is 0 Å². The highest BCUT2D eigenvalue weighted by Crippen LogP contribution is 2.22. The molecule has 0 aliphatic carbocycles. The fraction of sp³-hybridized carbons (Fsp3) is 0.304. The Hall–Kier alpha value is -3.48. The molecule has 7 heteroatoms. The van der Waals surface area contributed by atoms with Gasteiger partial charge < -0.3 is 15.4 Å². The van der Waals surface area contributed by atoms with Crippen molar-refractivity contribution in [2.75, 3.05) is 17.2 Å². The fourth-order valence-electron chi connectivity index (χ4n) is 2.90. The Morgan fingerprint density at radius 3 is 2.10 bits per heavy atom. The van der Waals surface area contributed by atoms with Crippen molar-refractivity contribution in [3.63, 3.8) is 0 Å². The molecule has 2 N–H and O–H groups in total. The maximum atomic E-state index is 12.6. The van der Waals surface area contributed by atoms with Crippen molar-refractivity contribution >= 4 is 34.9 Å². The number of nitrogens with one attached hydrogen (secondary N) is 2. The molecule has 0 spiro atoms. The van der Waals surface area contributed by atoms with E-state index < -0.39 is 18.4 Å². The number of hydrogen-bond acceptors (Lipinski definition) is 5. The Morgan fingerprint density at radius 2 is 1.53 bits per heavy atom. The smallest absolute Gasteiger partial charge is 0.338 e. The van der Waals surface area contributed by atoms with Crippen molar-refractivity contribution in [2.45, 2.75) is 34.1 Å². The predicted octanol–water partition coefficient (Wildman–Crippen LogP) is 3.84. The van der Waals surface area contributed by atoms with E-state index in [1.807, 2.05) is 12.1 Å². The summed E-state index contributed by atoms with van der Waals surface area (Å²) in [5.41, 5.74) is 2.32. The first-order valence-electron chi connectivity index (χ1n) is 9.64. The Morgan fingerprint density at radius 1 is 0.900 bits per heavy atom. The minimum absolute atomic E-state index is 0.180. The molecule has 0 bridgehead atoms. The van der Waals surface area contributed by atoms with Crippen molar-refractivity contribution in [2.24, 2.45) is 5.92 Å². The number of ether oxygens (including phenoxy) is 1. The van der Waals surface area contributed by atoms with Gasteiger partial charge in [0.2, 0.25) is 17.6 Å². The van der Waals surface area contributed by atoms with Crippen LogP contribution in [0.5, 0.6) is 0 Å². The zero-order valence-electron chi connectivity index (χ0n) is 17.6. The van der Waals surface area contributed by atoms with Gasteiger partial charge in [0.25, 0.3) is 0 Å². The standard InChI is InChI=1S/C23H26N2O5/c1-14(2)11-17-5-7-18(8-6-17)23(29)30-13-22(28)20-10-9-19(24-15(3)26)12-21(20)25-16(4)27/h5-10,12,14H,11,13H2,1-4H3,(H,24,26)(H,25,27). The molecule has 7 nitrogen and oxygen atoms in total. The van der Waals surface area contributed by atoms with Crippen LogP contribution in [0.2, 0.25) is 0 Å². The van der Waals surface area contributed by atoms with Crippen LogP contribution in [0.4, 0.5) is 11.4 Å². The van der Waals surface area contributed by atoms with Crippen LogP contribution >= 0.6 is 0 Å². The van der Waals surface area contributed by atoms with E-state index in [9.17, 15) is 19.2 Å². The van der Waals surface area contributed by atoms with Crippen LogP contribution in [0, 0.1) is 5.92 Å². The molecule has 0 fully saturated rings. The average molecular weight is 410 g/mol. The van der Waals surface area contributed by atoms with Crippen LogP contribution in [-0.4, -0.2) is 30.2 Å². The van der Waals surface area contributed by atoms with Gasteiger partial charge in [0.15, 0.2) is 6.61 Å². The van der Waals surface area contributed by atoms with Crippen LogP contribution in [0.3, 0.4) is 0 Å². The number of hydrogen-bond donors (Lipinski definition) is 2. The Labute approximate surface area is 175 Å². The van der Waals surface area contributed by atoms with Crippen molar-refractivity contribution < 1.29 is 23.9 Å². The topological polar surface area (TPSA) is 102 Å². The first-order chi connectivity index (χ1) is 14.2. The van der Waals surface area contributed by atoms with Crippen molar-refractivity contribution in [3.05, 3.63) is 59.2 Å². The summed E-state index contributed by atoms with van der Waals surface area (Å²) in [5, 5.41) is 5.14. The third-order valence-corrected chi connectivity index (χ3v) is 4.12. The number of amides is 2. The second-order valence-corrected chi connectivity index (χ2v) is 7.42. The molecule has 2 amide bonds. The molecule has 0 atom stereocenters. The van der Waals surface area contributed by atoms with Crippen LogP contribution in [-0.2, 0) is 20.7 Å². The average Bonchev–Trinajstić information content (AvgIpc) is 2.65. The summed E-state index contributed by atoms with van der Waals surface area (Å²) in [4.78, 5) is 47.5. The second kappa shape index (κ2) is 10.3. The van der Waals surface area contributed by atoms with E-state index in [2.05, 4.69) is 24.5 Å². The van der Waals surface area contributed by atoms with Crippen LogP contribution in [0.1, 0.15) is 54.0 Å². The predicted molar refractivity (Wildman–Crippen MR) is 115 cm³/mol. The van der Waals surface area contributed by atoms with Gasteiger partial charge in [-0.15, -0.1) is 0 Å². The van der Waals surface area contributed by atoms with Gasteiger partial charge in [0.05, 0.1) is 11.3 Å². The molecule has 0 saturated heterocycles. The van der Waals surface area contributed by atoms with Gasteiger partial charge in [-0.05, 0) is 48.2 Å². The molecule has 0 aromatic heterocycles. The van der Waals surface area contributed by atoms with E-state index in [0.29, 0.717) is 17.2 Å². The lowest BCUT2D eigenvalue weighted by atomic mass is 10.0. The summed E-state index contributed by atoms with van der Waals surface area (Å²) in [6, 6.07) is 11.6. The van der Waals surface area contributed by atoms with Crippen LogP contribution < -0.4 is 10.6 Å². The fourth-order valence-corrected chi connectivity index (χ4v) is 2.90. The second-order valence-electron chi connectivity index (χ2n) is 7.42. The monoisotopic (exact) mass is 410 g/mol. The maximum absolute atomic E-state index is 12.6. The molecule has 0 unspecified atom stereocenters. The number of Topliss-reactive ketones (excluding diaryl/α,β-unsaturated/α-hetero) is 1. The molecule has 0 heterocycles. The van der Waals surface area contributed by atoms with Gasteiger partial charge in [-0.3, -0.25) is 14.4 Å². The minimum atomic E-state index is -0.601. The third-order valence-electron chi connectivity index (χ3n) is 4.12. The van der Waals surface area contributed by atoms with E-state index in [1.54, 1.807) is 12.1 Å². The normalized spacial score (nSPS) is 10.4. The molecular weight excluding hydrogens is 384 g/mol. The summed E-state index contributed by atoms with van der Waals surface area (Å²) >= 11 is 0. The van der Waals surface area contributed by atoms with Gasteiger partial charge in [0.1, 0.15) is 0 Å². The zero-order valence-corrected chi connectivity index (χ0v) is 17.6. The van der Waals surface area contributed by atoms with Gasteiger partial charge in [-0.1, -0.05) is 26.0 Å². The van der Waals surface area contributed by atoms with E-state index in [4.69, 9.17) is 4.74 Å². The van der Waals surface area contributed by atoms with Crippen LogP contribution in [0.15, 0.2) is 42.5 Å². The highest BCUT2D eigenvalue weighted by atomic mass is 16.5. The van der Waals surface area contributed by atoms with Gasteiger partial charge in [-0.2, -0.15) is 0 Å². The zero-order chi connectivity index (χ0) is 22.3. The summed E-state index contributed by atoms with van der Waals surface area (Å²) in [6.07, 6.45) is 0.911. The number of ketones is 1. The Bertz CT molecular complexity index is 949. The lowest BCUT2D eigenvalue weighted by molar-refractivity contribution is -0.115. The molecule has 2 aromatic carbocycles. The third kappa shape index (κ3) is 6.84. The van der Waals surface area contributed by atoms with E-state index in [-0.39, 0.29) is 23.1 Å². The van der Waals surface area contributed by atoms with E-state index in [1.165, 1.54) is 32.0 Å². The molecule has 158 valence electrons. The quantitative estimate of drug-likeness (QED) is 0.509. The molecule has 0 radical (unpaired) electrons. The molecule has 2 aromatic rings. The van der Waals surface area contributed by atoms with Gasteiger partial charge in [0, 0.05) is 25.1 Å². The first-order valence-corrected chi connectivity index (χ1v) is 9.64. The van der Waals surface area contributed by atoms with Gasteiger partial charge in [-0.25, -0.2) is 4.79 Å². The number of anilines is 2. The number of rotatable bonds is 8. The van der Waals surface area contributed by atoms with E-state index in [0.717, 1.165) is 12.0 Å². The minimum Gasteiger partial charge on any atom is -0.454 e. The highest BCUT2D eigenvalue weighted by Gasteiger charge is 2.17. The highest BCUT2D eigenvalue weighted by molar-refractivity contribution is 6.07. The summed E-state index contributed by atoms with van der Waals surface area (Å²) in [7, 11) is 0. The lowest BCUT2D eigenvalue weighted by Gasteiger charge is -2.12. The largest absolute Gasteiger partial charge is 0.454 e. The van der Waals surface area contributed by atoms with Crippen LogP contribution in [0.25, 0.3) is 0 Å². The molecule has 0 aliphatic heterocycles. The number of esters is 1. The SMILES string of the molecule is CC(=O)Nc1ccc(C(=O)COC(=O)c2ccc(CC(C)C)cc2)c(NC(C)=O)c1. The van der Waals surface area contributed by atoms with Crippen molar-refractivity contribution in [1.82, 2.24) is 0 Å². The maximum Gasteiger partial charge on any atom is 0.338 e. The molecular formula is C23H26N2O5. The molecule has 30 heavy (non-hydrogen) atoms. The summed E-state index contributed by atoms with van der Waals surface area (Å²) in [5.74, 6) is -1.22. The Balaban J connectivity index is 2.08. The summed E-state index contributed by atoms with van der Waals surface area (Å²) < 4.78 is 5.15. The van der Waals surface area contributed by atoms with Crippen molar-refractivity contribution in [1.29, 1.82) is 0 Å².